The van der Waals surface area contributed by atoms with Crippen LogP contribution in [0.3, 0.4) is 0 Å². The Hall–Kier alpha value is -1.30. The van der Waals surface area contributed by atoms with Crippen LogP contribution in [0.25, 0.3) is 0 Å². The highest BCUT2D eigenvalue weighted by Crippen LogP contribution is 2.32. The number of halogens is 2. The van der Waals surface area contributed by atoms with E-state index in [0.717, 1.165) is 32.5 Å². The molecule has 158 valence electrons. The molecule has 1 atom stereocenters. The summed E-state index contributed by atoms with van der Waals surface area (Å²) in [5.74, 6) is 1.28. The summed E-state index contributed by atoms with van der Waals surface area (Å²) in [5.41, 5.74) is 0.558. The molecule has 2 saturated carbocycles. The molecule has 1 aromatic carbocycles. The Labute approximate surface area is 182 Å². The van der Waals surface area contributed by atoms with Crippen LogP contribution in [0.4, 0.5) is 0 Å². The van der Waals surface area contributed by atoms with Crippen LogP contribution in [0.1, 0.15) is 48.9 Å². The third kappa shape index (κ3) is 5.07. The fraction of sp³-hybridized carbons (Fsp3) is 0.636. The van der Waals surface area contributed by atoms with E-state index in [1.807, 2.05) is 4.90 Å². The fourth-order valence-electron chi connectivity index (χ4n) is 4.64. The number of hydrogen-bond acceptors (Lipinski definition) is 3. The molecule has 1 N–H and O–H groups in total. The minimum atomic E-state index is -0.0570. The van der Waals surface area contributed by atoms with Crippen molar-refractivity contribution in [2.75, 3.05) is 32.7 Å². The average molecular weight is 438 g/mol. The van der Waals surface area contributed by atoms with Crippen LogP contribution < -0.4 is 5.32 Å². The van der Waals surface area contributed by atoms with Gasteiger partial charge in [-0.2, -0.15) is 0 Å². The maximum absolute atomic E-state index is 13.0. The molecule has 1 aromatic rings. The maximum Gasteiger partial charge on any atom is 0.253 e. The average Bonchev–Trinajstić information content (AvgIpc) is 3.42. The molecule has 0 bridgehead atoms. The minimum Gasteiger partial charge on any atom is -0.354 e. The lowest BCUT2D eigenvalue weighted by Crippen LogP contribution is -2.58. The maximum atomic E-state index is 13.0. The second kappa shape index (κ2) is 9.23. The summed E-state index contributed by atoms with van der Waals surface area (Å²) < 4.78 is 0. The Morgan fingerprint density at radius 1 is 1.00 bits per heavy atom. The number of amides is 2. The van der Waals surface area contributed by atoms with Crippen LogP contribution in [-0.2, 0) is 4.79 Å². The van der Waals surface area contributed by atoms with Crippen molar-refractivity contribution in [2.45, 2.75) is 44.6 Å². The van der Waals surface area contributed by atoms with E-state index < -0.39 is 0 Å². The van der Waals surface area contributed by atoms with Gasteiger partial charge in [-0.1, -0.05) is 36.0 Å². The normalized spacial score (nSPS) is 21.9. The van der Waals surface area contributed by atoms with Crippen molar-refractivity contribution in [3.8, 4) is 0 Å². The highest BCUT2D eigenvalue weighted by molar-refractivity contribution is 6.42. The summed E-state index contributed by atoms with van der Waals surface area (Å²) in [4.78, 5) is 30.0. The lowest BCUT2D eigenvalue weighted by atomic mass is 9.95. The number of piperazine rings is 1. The highest BCUT2D eigenvalue weighted by atomic mass is 35.5. The van der Waals surface area contributed by atoms with Gasteiger partial charge in [-0.15, -0.1) is 0 Å². The molecule has 29 heavy (non-hydrogen) atoms. The highest BCUT2D eigenvalue weighted by Gasteiger charge is 2.37. The molecular formula is C22H29Cl2N3O2. The number of nitrogens with zero attached hydrogens (tertiary/aromatic N) is 2. The topological polar surface area (TPSA) is 52.7 Å². The first-order valence-electron chi connectivity index (χ1n) is 10.8. The Morgan fingerprint density at radius 2 is 1.69 bits per heavy atom. The Balaban J connectivity index is 1.38. The van der Waals surface area contributed by atoms with Crippen molar-refractivity contribution in [2.24, 2.45) is 11.8 Å². The van der Waals surface area contributed by atoms with Crippen LogP contribution in [0.5, 0.6) is 0 Å². The number of nitrogens with one attached hydrogen (secondary N) is 1. The third-order valence-electron chi connectivity index (χ3n) is 6.54. The largest absolute Gasteiger partial charge is 0.354 e. The van der Waals surface area contributed by atoms with Gasteiger partial charge in [0.05, 0.1) is 16.1 Å². The number of carbonyl (C=O) groups is 2. The summed E-state index contributed by atoms with van der Waals surface area (Å²) >= 11 is 12.0. The molecule has 1 aliphatic heterocycles. The van der Waals surface area contributed by atoms with Crippen LogP contribution in [0.2, 0.25) is 10.0 Å². The van der Waals surface area contributed by atoms with E-state index in [2.05, 4.69) is 10.2 Å². The zero-order valence-corrected chi connectivity index (χ0v) is 18.2. The van der Waals surface area contributed by atoms with E-state index in [0.29, 0.717) is 40.5 Å². The molecular weight excluding hydrogens is 409 g/mol. The summed E-state index contributed by atoms with van der Waals surface area (Å²) in [5, 5.41) is 4.04. The second-order valence-corrected chi connectivity index (χ2v) is 9.45. The van der Waals surface area contributed by atoms with E-state index in [-0.39, 0.29) is 17.9 Å². The van der Waals surface area contributed by atoms with Gasteiger partial charge in [-0.05, 0) is 55.7 Å². The van der Waals surface area contributed by atoms with Gasteiger partial charge in [-0.25, -0.2) is 0 Å². The zero-order valence-electron chi connectivity index (χ0n) is 16.7. The fourth-order valence-corrected chi connectivity index (χ4v) is 4.94. The number of carbonyl (C=O) groups excluding carboxylic acids is 2. The van der Waals surface area contributed by atoms with Crippen molar-refractivity contribution in [1.82, 2.24) is 15.1 Å². The number of rotatable bonds is 6. The molecule has 3 aliphatic rings. The molecule has 2 aliphatic carbocycles. The predicted octanol–water partition coefficient (Wildman–Crippen LogP) is 3.84. The number of benzene rings is 1. The third-order valence-corrected chi connectivity index (χ3v) is 7.28. The van der Waals surface area contributed by atoms with Gasteiger partial charge < -0.3 is 10.2 Å². The van der Waals surface area contributed by atoms with Crippen molar-refractivity contribution >= 4 is 35.0 Å². The quantitative estimate of drug-likeness (QED) is 0.735. The van der Waals surface area contributed by atoms with Crippen molar-refractivity contribution in [3.05, 3.63) is 33.8 Å². The van der Waals surface area contributed by atoms with Crippen LogP contribution >= 0.6 is 23.2 Å². The molecule has 7 heteroatoms. The molecule has 4 rings (SSSR count). The van der Waals surface area contributed by atoms with Gasteiger partial charge in [0.15, 0.2) is 0 Å². The Bertz CT molecular complexity index is 754. The van der Waals surface area contributed by atoms with Crippen LogP contribution in [-0.4, -0.2) is 60.4 Å². The van der Waals surface area contributed by atoms with Gasteiger partial charge >= 0.3 is 0 Å². The van der Waals surface area contributed by atoms with Crippen LogP contribution in [0.15, 0.2) is 18.2 Å². The lowest BCUT2D eigenvalue weighted by molar-refractivity contribution is -0.129. The van der Waals surface area contributed by atoms with Crippen molar-refractivity contribution in [1.29, 1.82) is 0 Å². The molecule has 0 spiro atoms. The predicted molar refractivity (Wildman–Crippen MR) is 115 cm³/mol. The molecule has 5 nitrogen and oxygen atoms in total. The monoisotopic (exact) mass is 437 g/mol. The standard InChI is InChI=1S/C22H29Cl2N3O2/c23-18-8-7-17(13-19(18)24)22(29)27-11-9-26(10-12-27)20(16-3-1-2-4-16)21(28)25-14-15-5-6-15/h7-8,13,15-16,20H,1-6,9-12,14H2,(H,25,28). The molecule has 1 unspecified atom stereocenters. The summed E-state index contributed by atoms with van der Waals surface area (Å²) in [6.45, 7) is 3.52. The first kappa shape index (κ1) is 21.0. The number of hydrogen-bond donors (Lipinski definition) is 1. The Morgan fingerprint density at radius 3 is 2.31 bits per heavy atom. The van der Waals surface area contributed by atoms with Crippen LogP contribution in [0, 0.1) is 11.8 Å². The molecule has 0 aromatic heterocycles. The van der Waals surface area contributed by atoms with Gasteiger partial charge in [-0.3, -0.25) is 14.5 Å². The molecule has 2 amide bonds. The molecule has 1 saturated heterocycles. The van der Waals surface area contributed by atoms with E-state index >= 15 is 0 Å². The SMILES string of the molecule is O=C(NCC1CC1)C(C1CCCC1)N1CCN(C(=O)c2ccc(Cl)c(Cl)c2)CC1. The second-order valence-electron chi connectivity index (χ2n) is 8.63. The van der Waals surface area contributed by atoms with E-state index in [4.69, 9.17) is 23.2 Å². The van der Waals surface area contributed by atoms with Crippen molar-refractivity contribution in [3.63, 3.8) is 0 Å². The van der Waals surface area contributed by atoms with Gasteiger partial charge in [0.2, 0.25) is 5.91 Å². The van der Waals surface area contributed by atoms with Gasteiger partial charge in [0.25, 0.3) is 5.91 Å². The zero-order chi connectivity index (χ0) is 20.4. The molecule has 0 radical (unpaired) electrons. The Kier molecular flexibility index (Phi) is 6.67. The van der Waals surface area contributed by atoms with E-state index in [1.54, 1.807) is 18.2 Å². The lowest BCUT2D eigenvalue weighted by Gasteiger charge is -2.40. The first-order valence-corrected chi connectivity index (χ1v) is 11.5. The minimum absolute atomic E-state index is 0.0289. The van der Waals surface area contributed by atoms with Gasteiger partial charge in [0.1, 0.15) is 0 Å². The van der Waals surface area contributed by atoms with E-state index in [9.17, 15) is 9.59 Å². The summed E-state index contributed by atoms with van der Waals surface area (Å²) in [6.07, 6.45) is 7.17. The first-order chi connectivity index (χ1) is 14.0. The summed E-state index contributed by atoms with van der Waals surface area (Å²) in [7, 11) is 0. The van der Waals surface area contributed by atoms with Gasteiger partial charge in [0, 0.05) is 38.3 Å². The smallest absolute Gasteiger partial charge is 0.253 e. The summed E-state index contributed by atoms with van der Waals surface area (Å²) in [6, 6.07) is 4.95. The molecule has 1 heterocycles. The molecule has 3 fully saturated rings. The van der Waals surface area contributed by atoms with E-state index in [1.165, 1.54) is 25.7 Å². The van der Waals surface area contributed by atoms with Crippen molar-refractivity contribution < 1.29 is 9.59 Å².